The van der Waals surface area contributed by atoms with Crippen LogP contribution < -0.4 is 5.32 Å². The molecule has 0 spiro atoms. The van der Waals surface area contributed by atoms with E-state index in [-0.39, 0.29) is 5.69 Å². The summed E-state index contributed by atoms with van der Waals surface area (Å²) < 4.78 is 5.39. The molecule has 1 N–H and O–H groups in total. The van der Waals surface area contributed by atoms with E-state index >= 15 is 0 Å². The second kappa shape index (κ2) is 8.71. The maximum atomic E-state index is 12.7. The van der Waals surface area contributed by atoms with Crippen molar-refractivity contribution in [1.29, 1.82) is 0 Å². The van der Waals surface area contributed by atoms with Crippen molar-refractivity contribution in [2.75, 3.05) is 5.32 Å². The highest BCUT2D eigenvalue weighted by Crippen LogP contribution is 2.22. The highest BCUT2D eigenvalue weighted by molar-refractivity contribution is 5.98. The Hall–Kier alpha value is -3.48. The highest BCUT2D eigenvalue weighted by atomic mass is 16.5. The standard InChI is InChI=1S/C24H28N4O3/c1-13-8-9-20(15(3)10-13)28-26-18(6)22(27-28)24(30)31-19(7)23(29)25-21-16(4)11-14(2)12-17(21)5/h8-12,19H,1-7H3,(H,25,29)/t19-/m0/s1. The lowest BCUT2D eigenvalue weighted by molar-refractivity contribution is -0.123. The van der Waals surface area contributed by atoms with Crippen LogP contribution >= 0.6 is 0 Å². The fraction of sp³-hybridized carbons (Fsp3) is 0.333. The minimum Gasteiger partial charge on any atom is -0.448 e. The lowest BCUT2D eigenvalue weighted by atomic mass is 10.0. The van der Waals surface area contributed by atoms with Crippen molar-refractivity contribution in [2.24, 2.45) is 0 Å². The zero-order chi connectivity index (χ0) is 22.9. The molecule has 3 rings (SSSR count). The summed E-state index contributed by atoms with van der Waals surface area (Å²) in [6, 6.07) is 9.87. The van der Waals surface area contributed by atoms with Gasteiger partial charge in [0.25, 0.3) is 5.91 Å². The van der Waals surface area contributed by atoms with Crippen LogP contribution in [0.3, 0.4) is 0 Å². The van der Waals surface area contributed by atoms with E-state index in [1.165, 1.54) is 11.7 Å². The minimum atomic E-state index is -0.988. The van der Waals surface area contributed by atoms with Gasteiger partial charge < -0.3 is 10.1 Å². The molecule has 1 aromatic heterocycles. The summed E-state index contributed by atoms with van der Waals surface area (Å²) in [5, 5.41) is 11.5. The molecule has 1 atom stereocenters. The van der Waals surface area contributed by atoms with Crippen molar-refractivity contribution >= 4 is 17.6 Å². The summed E-state index contributed by atoms with van der Waals surface area (Å²) in [5.74, 6) is -1.09. The molecule has 0 aliphatic rings. The summed E-state index contributed by atoms with van der Waals surface area (Å²) in [6.07, 6.45) is -0.988. The van der Waals surface area contributed by atoms with E-state index in [1.54, 1.807) is 6.92 Å². The molecule has 162 valence electrons. The molecule has 0 unspecified atom stereocenters. The first kappa shape index (κ1) is 22.2. The molecule has 1 heterocycles. The van der Waals surface area contributed by atoms with E-state index in [1.807, 2.05) is 65.0 Å². The van der Waals surface area contributed by atoms with E-state index in [0.29, 0.717) is 5.69 Å². The number of rotatable bonds is 5. The molecule has 0 aliphatic heterocycles. The third kappa shape index (κ3) is 4.82. The van der Waals surface area contributed by atoms with Gasteiger partial charge in [-0.2, -0.15) is 9.90 Å². The molecule has 0 saturated carbocycles. The molecular weight excluding hydrogens is 392 g/mol. The van der Waals surface area contributed by atoms with Crippen LogP contribution in [-0.4, -0.2) is 33.0 Å². The van der Waals surface area contributed by atoms with Gasteiger partial charge in [0.15, 0.2) is 11.8 Å². The number of benzene rings is 2. The van der Waals surface area contributed by atoms with Gasteiger partial charge >= 0.3 is 5.97 Å². The Morgan fingerprint density at radius 3 is 2.13 bits per heavy atom. The summed E-state index contributed by atoms with van der Waals surface area (Å²) >= 11 is 0. The quantitative estimate of drug-likeness (QED) is 0.622. The molecule has 1 amide bonds. The summed E-state index contributed by atoms with van der Waals surface area (Å²) in [7, 11) is 0. The number of carbonyl (C=O) groups excluding carboxylic acids is 2. The Morgan fingerprint density at radius 1 is 0.903 bits per heavy atom. The molecule has 31 heavy (non-hydrogen) atoms. The van der Waals surface area contributed by atoms with E-state index in [2.05, 4.69) is 15.5 Å². The molecule has 0 saturated heterocycles. The van der Waals surface area contributed by atoms with E-state index < -0.39 is 18.0 Å². The lowest BCUT2D eigenvalue weighted by Gasteiger charge is -2.16. The number of nitrogens with zero attached hydrogens (tertiary/aromatic N) is 3. The number of esters is 1. The third-order valence-corrected chi connectivity index (χ3v) is 5.12. The largest absolute Gasteiger partial charge is 0.448 e. The number of aryl methyl sites for hydroxylation is 6. The van der Waals surface area contributed by atoms with Gasteiger partial charge in [-0.3, -0.25) is 4.79 Å². The van der Waals surface area contributed by atoms with Gasteiger partial charge in [-0.15, -0.1) is 5.10 Å². The van der Waals surface area contributed by atoms with Crippen molar-refractivity contribution in [2.45, 2.75) is 54.6 Å². The number of hydrogen-bond acceptors (Lipinski definition) is 5. The summed E-state index contributed by atoms with van der Waals surface area (Å²) in [5.41, 5.74) is 7.18. The number of nitrogens with one attached hydrogen (secondary N) is 1. The van der Waals surface area contributed by atoms with Crippen molar-refractivity contribution in [3.8, 4) is 5.69 Å². The van der Waals surface area contributed by atoms with Crippen LogP contribution in [0, 0.1) is 41.5 Å². The predicted octanol–water partition coefficient (Wildman–Crippen LogP) is 4.30. The monoisotopic (exact) mass is 420 g/mol. The van der Waals surface area contributed by atoms with Crippen LogP contribution in [0.25, 0.3) is 5.69 Å². The normalized spacial score (nSPS) is 11.8. The fourth-order valence-corrected chi connectivity index (χ4v) is 3.58. The second-order valence-corrected chi connectivity index (χ2v) is 8.02. The SMILES string of the molecule is Cc1ccc(-n2nc(C)c(C(=O)O[C@@H](C)C(=O)Nc3c(C)cc(C)cc3C)n2)c(C)c1. The maximum Gasteiger partial charge on any atom is 0.361 e. The Balaban J connectivity index is 1.74. The zero-order valence-corrected chi connectivity index (χ0v) is 19.0. The Labute approximate surface area is 182 Å². The molecule has 0 fully saturated rings. The van der Waals surface area contributed by atoms with Gasteiger partial charge in [-0.05, 0) is 71.2 Å². The van der Waals surface area contributed by atoms with Crippen LogP contribution in [0.4, 0.5) is 5.69 Å². The summed E-state index contributed by atoms with van der Waals surface area (Å²) in [4.78, 5) is 26.7. The molecule has 0 bridgehead atoms. The van der Waals surface area contributed by atoms with Crippen LogP contribution in [0.15, 0.2) is 30.3 Å². The average Bonchev–Trinajstić information content (AvgIpc) is 3.05. The number of ether oxygens (including phenoxy) is 1. The van der Waals surface area contributed by atoms with Crippen LogP contribution in [0.2, 0.25) is 0 Å². The number of aromatic nitrogens is 3. The maximum absolute atomic E-state index is 12.7. The van der Waals surface area contributed by atoms with E-state index in [9.17, 15) is 9.59 Å². The number of carbonyl (C=O) groups is 2. The molecule has 3 aromatic rings. The van der Waals surface area contributed by atoms with Gasteiger partial charge in [0.2, 0.25) is 0 Å². The molecule has 2 aromatic carbocycles. The fourth-order valence-electron chi connectivity index (χ4n) is 3.58. The smallest absolute Gasteiger partial charge is 0.361 e. The minimum absolute atomic E-state index is 0.0855. The summed E-state index contributed by atoms with van der Waals surface area (Å²) in [6.45, 7) is 13.1. The molecule has 0 aliphatic carbocycles. The van der Waals surface area contributed by atoms with Crippen molar-refractivity contribution in [3.05, 3.63) is 69.5 Å². The Morgan fingerprint density at radius 2 is 1.52 bits per heavy atom. The molecule has 7 heteroatoms. The van der Waals surface area contributed by atoms with Crippen molar-refractivity contribution in [1.82, 2.24) is 15.0 Å². The number of hydrogen-bond donors (Lipinski definition) is 1. The van der Waals surface area contributed by atoms with Crippen molar-refractivity contribution in [3.63, 3.8) is 0 Å². The Kier molecular flexibility index (Phi) is 6.24. The van der Waals surface area contributed by atoms with Crippen LogP contribution in [-0.2, 0) is 9.53 Å². The van der Waals surface area contributed by atoms with Crippen LogP contribution in [0.5, 0.6) is 0 Å². The van der Waals surface area contributed by atoms with Gasteiger partial charge in [0.1, 0.15) is 0 Å². The van der Waals surface area contributed by atoms with Crippen LogP contribution in [0.1, 0.15) is 50.9 Å². The first-order chi connectivity index (χ1) is 14.6. The van der Waals surface area contributed by atoms with E-state index in [4.69, 9.17) is 4.74 Å². The molecular formula is C24H28N4O3. The van der Waals surface area contributed by atoms with Crippen molar-refractivity contribution < 1.29 is 14.3 Å². The topological polar surface area (TPSA) is 86.1 Å². The van der Waals surface area contributed by atoms with Gasteiger partial charge in [0, 0.05) is 5.69 Å². The first-order valence-electron chi connectivity index (χ1n) is 10.2. The predicted molar refractivity (Wildman–Crippen MR) is 120 cm³/mol. The van der Waals surface area contributed by atoms with Gasteiger partial charge in [0.05, 0.1) is 11.4 Å². The average molecular weight is 421 g/mol. The third-order valence-electron chi connectivity index (χ3n) is 5.12. The number of amides is 1. The Bertz CT molecular complexity index is 1140. The first-order valence-corrected chi connectivity index (χ1v) is 10.2. The molecule has 7 nitrogen and oxygen atoms in total. The van der Waals surface area contributed by atoms with Gasteiger partial charge in [-0.25, -0.2) is 4.79 Å². The highest BCUT2D eigenvalue weighted by Gasteiger charge is 2.24. The van der Waals surface area contributed by atoms with E-state index in [0.717, 1.165) is 39.2 Å². The second-order valence-electron chi connectivity index (χ2n) is 8.02. The molecule has 0 radical (unpaired) electrons. The number of anilines is 1. The van der Waals surface area contributed by atoms with Gasteiger partial charge in [-0.1, -0.05) is 35.4 Å². The lowest BCUT2D eigenvalue weighted by Crippen LogP contribution is -2.30. The zero-order valence-electron chi connectivity index (χ0n) is 19.0.